The molecule has 24 heavy (non-hydrogen) atoms. The molecule has 2 heterocycles. The van der Waals surface area contributed by atoms with E-state index in [1.54, 1.807) is 30.5 Å². The fourth-order valence-corrected chi connectivity index (χ4v) is 2.59. The highest BCUT2D eigenvalue weighted by molar-refractivity contribution is 5.78. The number of rotatable bonds is 4. The van der Waals surface area contributed by atoms with Crippen LogP contribution in [-0.4, -0.2) is 48.6 Å². The van der Waals surface area contributed by atoms with Gasteiger partial charge in [-0.1, -0.05) is 6.07 Å². The van der Waals surface area contributed by atoms with Gasteiger partial charge in [-0.3, -0.25) is 4.79 Å². The smallest absolute Gasteiger partial charge is 0.260 e. The van der Waals surface area contributed by atoms with E-state index in [0.717, 1.165) is 18.9 Å². The van der Waals surface area contributed by atoms with Gasteiger partial charge in [-0.05, 0) is 36.4 Å². The molecule has 6 heteroatoms. The van der Waals surface area contributed by atoms with Crippen LogP contribution in [0.25, 0.3) is 0 Å². The normalized spacial score (nSPS) is 14.1. The second-order valence-electron chi connectivity index (χ2n) is 5.48. The number of carbonyl (C=O) groups excluding carboxylic acids is 1. The maximum atomic E-state index is 12.3. The number of aromatic nitrogens is 1. The zero-order chi connectivity index (χ0) is 16.8. The van der Waals surface area contributed by atoms with Gasteiger partial charge in [0.2, 0.25) is 0 Å². The Bertz CT molecular complexity index is 717. The van der Waals surface area contributed by atoms with Crippen LogP contribution < -0.4 is 9.64 Å². The van der Waals surface area contributed by atoms with Crippen molar-refractivity contribution in [3.63, 3.8) is 0 Å². The molecule has 1 saturated heterocycles. The molecule has 0 bridgehead atoms. The van der Waals surface area contributed by atoms with Crippen LogP contribution in [0.2, 0.25) is 0 Å². The van der Waals surface area contributed by atoms with Crippen LogP contribution in [-0.2, 0) is 4.79 Å². The summed E-state index contributed by atoms with van der Waals surface area (Å²) in [7, 11) is 0. The molecular formula is C18H18N4O2. The van der Waals surface area contributed by atoms with Gasteiger partial charge < -0.3 is 14.5 Å². The van der Waals surface area contributed by atoms with E-state index >= 15 is 0 Å². The summed E-state index contributed by atoms with van der Waals surface area (Å²) in [6.45, 7) is 2.85. The van der Waals surface area contributed by atoms with Crippen molar-refractivity contribution < 1.29 is 9.53 Å². The Labute approximate surface area is 140 Å². The first-order chi connectivity index (χ1) is 11.8. The number of nitrogens with zero attached hydrogens (tertiary/aromatic N) is 4. The summed E-state index contributed by atoms with van der Waals surface area (Å²) in [6.07, 6.45) is 1.78. The lowest BCUT2D eigenvalue weighted by atomic mass is 10.2. The molecule has 0 radical (unpaired) electrons. The highest BCUT2D eigenvalue weighted by atomic mass is 16.5. The number of hydrogen-bond donors (Lipinski definition) is 0. The zero-order valence-electron chi connectivity index (χ0n) is 13.3. The third-order valence-corrected chi connectivity index (χ3v) is 3.95. The van der Waals surface area contributed by atoms with Crippen LogP contribution >= 0.6 is 0 Å². The van der Waals surface area contributed by atoms with Gasteiger partial charge in [-0.25, -0.2) is 4.98 Å². The molecule has 1 aliphatic rings. The van der Waals surface area contributed by atoms with Gasteiger partial charge in [0.25, 0.3) is 5.91 Å². The zero-order valence-corrected chi connectivity index (χ0v) is 13.3. The summed E-state index contributed by atoms with van der Waals surface area (Å²) in [6, 6.07) is 14.6. The Hall–Kier alpha value is -3.07. The maximum absolute atomic E-state index is 12.3. The first-order valence-electron chi connectivity index (χ1n) is 7.83. The SMILES string of the molecule is N#Cc1ccc(OCC(=O)N2CCN(c3ccccn3)CC2)cc1. The van der Waals surface area contributed by atoms with E-state index in [2.05, 4.69) is 9.88 Å². The highest BCUT2D eigenvalue weighted by Gasteiger charge is 2.21. The monoisotopic (exact) mass is 322 g/mol. The largest absolute Gasteiger partial charge is 0.484 e. The Morgan fingerprint density at radius 1 is 1.12 bits per heavy atom. The third kappa shape index (κ3) is 3.82. The Morgan fingerprint density at radius 2 is 1.88 bits per heavy atom. The van der Waals surface area contributed by atoms with E-state index in [9.17, 15) is 4.79 Å². The molecule has 0 aliphatic carbocycles. The van der Waals surface area contributed by atoms with Crippen molar-refractivity contribution in [2.45, 2.75) is 0 Å². The summed E-state index contributed by atoms with van der Waals surface area (Å²) in [5, 5.41) is 8.76. The second kappa shape index (κ2) is 7.47. The van der Waals surface area contributed by atoms with Crippen LogP contribution in [0.5, 0.6) is 5.75 Å². The van der Waals surface area contributed by atoms with Gasteiger partial charge in [0.15, 0.2) is 6.61 Å². The summed E-state index contributed by atoms with van der Waals surface area (Å²) in [4.78, 5) is 20.6. The van der Waals surface area contributed by atoms with Crippen molar-refractivity contribution in [3.8, 4) is 11.8 Å². The quantitative estimate of drug-likeness (QED) is 0.856. The molecule has 1 amide bonds. The van der Waals surface area contributed by atoms with E-state index in [1.165, 1.54) is 0 Å². The van der Waals surface area contributed by atoms with Crippen molar-refractivity contribution >= 4 is 11.7 Å². The van der Waals surface area contributed by atoms with Crippen molar-refractivity contribution in [1.82, 2.24) is 9.88 Å². The number of benzene rings is 1. The van der Waals surface area contributed by atoms with Gasteiger partial charge >= 0.3 is 0 Å². The summed E-state index contributed by atoms with van der Waals surface area (Å²) in [5.74, 6) is 1.51. The molecule has 1 aromatic carbocycles. The number of ether oxygens (including phenoxy) is 1. The number of piperazine rings is 1. The number of hydrogen-bond acceptors (Lipinski definition) is 5. The average Bonchev–Trinajstić information content (AvgIpc) is 2.67. The predicted octanol–water partition coefficient (Wildman–Crippen LogP) is 1.68. The first kappa shape index (κ1) is 15.8. The molecule has 1 aromatic heterocycles. The molecule has 122 valence electrons. The van der Waals surface area contributed by atoms with Crippen LogP contribution in [0.1, 0.15) is 5.56 Å². The summed E-state index contributed by atoms with van der Waals surface area (Å²) < 4.78 is 5.51. The van der Waals surface area contributed by atoms with Crippen LogP contribution in [0.3, 0.4) is 0 Å². The maximum Gasteiger partial charge on any atom is 0.260 e. The Kier molecular flexibility index (Phi) is 4.92. The molecular weight excluding hydrogens is 304 g/mol. The lowest BCUT2D eigenvalue weighted by molar-refractivity contribution is -0.133. The molecule has 1 aliphatic heterocycles. The van der Waals surface area contributed by atoms with Gasteiger partial charge in [0, 0.05) is 32.4 Å². The van der Waals surface area contributed by atoms with E-state index in [4.69, 9.17) is 10.00 Å². The van der Waals surface area contributed by atoms with E-state index in [0.29, 0.717) is 24.4 Å². The number of pyridine rings is 1. The lowest BCUT2D eigenvalue weighted by Gasteiger charge is -2.35. The minimum Gasteiger partial charge on any atom is -0.484 e. The van der Waals surface area contributed by atoms with Crippen molar-refractivity contribution in [2.24, 2.45) is 0 Å². The fourth-order valence-electron chi connectivity index (χ4n) is 2.59. The topological polar surface area (TPSA) is 69.5 Å². The van der Waals surface area contributed by atoms with Crippen LogP contribution in [0.4, 0.5) is 5.82 Å². The van der Waals surface area contributed by atoms with Gasteiger partial charge in [0.05, 0.1) is 11.6 Å². The number of nitriles is 1. The van der Waals surface area contributed by atoms with E-state index in [1.807, 2.05) is 29.2 Å². The van der Waals surface area contributed by atoms with Gasteiger partial charge in [-0.15, -0.1) is 0 Å². The highest BCUT2D eigenvalue weighted by Crippen LogP contribution is 2.14. The minimum absolute atomic E-state index is 0.00941. The first-order valence-corrected chi connectivity index (χ1v) is 7.83. The molecule has 0 N–H and O–H groups in total. The predicted molar refractivity (Wildman–Crippen MR) is 89.7 cm³/mol. The number of amides is 1. The van der Waals surface area contributed by atoms with E-state index < -0.39 is 0 Å². The van der Waals surface area contributed by atoms with Gasteiger partial charge in [-0.2, -0.15) is 5.26 Å². The molecule has 0 saturated carbocycles. The molecule has 6 nitrogen and oxygen atoms in total. The second-order valence-corrected chi connectivity index (χ2v) is 5.48. The summed E-state index contributed by atoms with van der Waals surface area (Å²) >= 11 is 0. The Balaban J connectivity index is 1.47. The molecule has 3 rings (SSSR count). The van der Waals surface area contributed by atoms with Crippen LogP contribution in [0.15, 0.2) is 48.7 Å². The number of carbonyl (C=O) groups is 1. The standard InChI is InChI=1S/C18H18N4O2/c19-13-15-4-6-16(7-5-15)24-14-18(23)22-11-9-21(10-12-22)17-3-1-2-8-20-17/h1-8H,9-12,14H2. The van der Waals surface area contributed by atoms with Crippen molar-refractivity contribution in [1.29, 1.82) is 5.26 Å². The lowest BCUT2D eigenvalue weighted by Crippen LogP contribution is -2.50. The average molecular weight is 322 g/mol. The van der Waals surface area contributed by atoms with Gasteiger partial charge in [0.1, 0.15) is 11.6 Å². The fraction of sp³-hybridized carbons (Fsp3) is 0.278. The van der Waals surface area contributed by atoms with Crippen molar-refractivity contribution in [2.75, 3.05) is 37.7 Å². The molecule has 0 atom stereocenters. The summed E-state index contributed by atoms with van der Waals surface area (Å²) in [5.41, 5.74) is 0.569. The van der Waals surface area contributed by atoms with Crippen molar-refractivity contribution in [3.05, 3.63) is 54.2 Å². The molecule has 1 fully saturated rings. The minimum atomic E-state index is -0.0277. The number of anilines is 1. The van der Waals surface area contributed by atoms with Crippen LogP contribution in [0, 0.1) is 11.3 Å². The molecule has 2 aromatic rings. The Morgan fingerprint density at radius 3 is 2.50 bits per heavy atom. The molecule has 0 spiro atoms. The van der Waals surface area contributed by atoms with E-state index in [-0.39, 0.29) is 12.5 Å². The third-order valence-electron chi connectivity index (χ3n) is 3.95. The molecule has 0 unspecified atom stereocenters.